The summed E-state index contributed by atoms with van der Waals surface area (Å²) in [5, 5.41) is 5.02. The number of aromatic nitrogens is 3. The van der Waals surface area contributed by atoms with Gasteiger partial charge in [0.25, 0.3) is 0 Å². The Morgan fingerprint density at radius 3 is 1.47 bits per heavy atom. The summed E-state index contributed by atoms with van der Waals surface area (Å²) in [6.45, 7) is 0. The molecule has 3 heteroatoms. The summed E-state index contributed by atoms with van der Waals surface area (Å²) in [5.41, 5.74) is 9.49. The molecule has 0 atom stereocenters. The van der Waals surface area contributed by atoms with Gasteiger partial charge in [-0.2, -0.15) is 0 Å². The second-order valence-electron chi connectivity index (χ2n) is 9.72. The molecule has 38 heavy (non-hydrogen) atoms. The first-order valence-corrected chi connectivity index (χ1v) is 12.9. The molecule has 3 heterocycles. The van der Waals surface area contributed by atoms with Crippen LogP contribution in [0.4, 0.5) is 0 Å². The van der Waals surface area contributed by atoms with Gasteiger partial charge < -0.3 is 9.13 Å². The van der Waals surface area contributed by atoms with Crippen molar-refractivity contribution in [3.8, 4) is 22.5 Å². The smallest absolute Gasteiger partial charge is 0.0645 e. The molecule has 0 N–H and O–H groups in total. The van der Waals surface area contributed by atoms with Crippen LogP contribution in [0, 0.1) is 0 Å². The van der Waals surface area contributed by atoms with E-state index in [-0.39, 0.29) is 0 Å². The fourth-order valence-electron chi connectivity index (χ4n) is 5.92. The predicted octanol–water partition coefficient (Wildman–Crippen LogP) is 8.94. The Morgan fingerprint density at radius 1 is 0.395 bits per heavy atom. The highest BCUT2D eigenvalue weighted by Gasteiger charge is 2.15. The first-order chi connectivity index (χ1) is 18.9. The van der Waals surface area contributed by atoms with E-state index < -0.39 is 0 Å². The van der Waals surface area contributed by atoms with Gasteiger partial charge in [0, 0.05) is 33.4 Å². The van der Waals surface area contributed by atoms with Crippen molar-refractivity contribution in [3.63, 3.8) is 0 Å². The molecule has 0 amide bonds. The average molecular weight is 486 g/mol. The molecule has 178 valence electrons. The molecule has 0 aliphatic rings. The Morgan fingerprint density at radius 2 is 0.895 bits per heavy atom. The topological polar surface area (TPSA) is 22.8 Å². The Bertz CT molecular complexity index is 1960. The van der Waals surface area contributed by atoms with Gasteiger partial charge in [0.15, 0.2) is 0 Å². The number of para-hydroxylation sites is 3. The van der Waals surface area contributed by atoms with Crippen molar-refractivity contribution >= 4 is 43.6 Å². The monoisotopic (exact) mass is 485 g/mol. The van der Waals surface area contributed by atoms with E-state index in [1.54, 1.807) is 0 Å². The van der Waals surface area contributed by atoms with Crippen molar-refractivity contribution in [3.05, 3.63) is 140 Å². The molecule has 0 bridgehead atoms. The first-order valence-electron chi connectivity index (χ1n) is 12.9. The zero-order chi connectivity index (χ0) is 25.1. The number of pyridine rings is 1. The van der Waals surface area contributed by atoms with Crippen molar-refractivity contribution in [2.75, 3.05) is 0 Å². The number of benzene rings is 5. The van der Waals surface area contributed by atoms with Gasteiger partial charge in [-0.3, -0.25) is 4.98 Å². The van der Waals surface area contributed by atoms with E-state index in [0.717, 1.165) is 5.69 Å². The van der Waals surface area contributed by atoms with E-state index >= 15 is 0 Å². The largest absolute Gasteiger partial charge is 0.309 e. The molecule has 5 aromatic carbocycles. The van der Waals surface area contributed by atoms with Crippen molar-refractivity contribution in [2.24, 2.45) is 0 Å². The highest BCUT2D eigenvalue weighted by molar-refractivity contribution is 6.12. The van der Waals surface area contributed by atoms with Crippen LogP contribution in [0.5, 0.6) is 0 Å². The maximum Gasteiger partial charge on any atom is 0.0645 e. The van der Waals surface area contributed by atoms with Crippen LogP contribution < -0.4 is 0 Å². The van der Waals surface area contributed by atoms with Gasteiger partial charge in [0.1, 0.15) is 0 Å². The quantitative estimate of drug-likeness (QED) is 0.245. The van der Waals surface area contributed by atoms with Crippen molar-refractivity contribution in [1.82, 2.24) is 14.1 Å². The summed E-state index contributed by atoms with van der Waals surface area (Å²) in [6, 6.07) is 45.7. The fourth-order valence-corrected chi connectivity index (χ4v) is 5.92. The Hall–Kier alpha value is -5.15. The van der Waals surface area contributed by atoms with Crippen molar-refractivity contribution < 1.29 is 0 Å². The molecule has 8 aromatic rings. The number of nitrogens with zero attached hydrogens (tertiary/aromatic N) is 3. The van der Waals surface area contributed by atoms with Gasteiger partial charge in [-0.05, 0) is 71.8 Å². The second-order valence-corrected chi connectivity index (χ2v) is 9.72. The third kappa shape index (κ3) is 3.06. The molecule has 0 fully saturated rings. The maximum absolute atomic E-state index is 4.37. The van der Waals surface area contributed by atoms with E-state index in [2.05, 4.69) is 135 Å². The van der Waals surface area contributed by atoms with E-state index in [1.807, 2.05) is 18.5 Å². The first kappa shape index (κ1) is 21.0. The molecule has 0 spiro atoms. The summed E-state index contributed by atoms with van der Waals surface area (Å²) in [5.74, 6) is 0. The van der Waals surface area contributed by atoms with E-state index in [9.17, 15) is 0 Å². The molecule has 0 aliphatic carbocycles. The van der Waals surface area contributed by atoms with Crippen LogP contribution in [0.3, 0.4) is 0 Å². The lowest BCUT2D eigenvalue weighted by Crippen LogP contribution is -1.94. The number of hydrogen-bond acceptors (Lipinski definition) is 1. The summed E-state index contributed by atoms with van der Waals surface area (Å²) in [6.07, 6.45) is 3.75. The summed E-state index contributed by atoms with van der Waals surface area (Å²) >= 11 is 0. The predicted molar refractivity (Wildman–Crippen MR) is 158 cm³/mol. The highest BCUT2D eigenvalue weighted by Crippen LogP contribution is 2.37. The Balaban J connectivity index is 1.36. The minimum atomic E-state index is 1.07. The van der Waals surface area contributed by atoms with Crippen molar-refractivity contribution in [2.45, 2.75) is 0 Å². The number of fused-ring (bicyclic) bond motifs is 6. The van der Waals surface area contributed by atoms with E-state index in [0.29, 0.717) is 0 Å². The zero-order valence-corrected chi connectivity index (χ0v) is 20.6. The standard InChI is InChI=1S/C35H23N3/c1-2-9-26(10-3-1)37-32-14-6-4-12-28(32)30-21-24(16-18-34(30)37)25-17-19-35-31(22-25)29-13-5-7-15-33(29)38(35)27-11-8-20-36-23-27/h1-23H. The van der Waals surface area contributed by atoms with Gasteiger partial charge in [-0.1, -0.05) is 66.7 Å². The van der Waals surface area contributed by atoms with Crippen LogP contribution in [0.2, 0.25) is 0 Å². The van der Waals surface area contributed by atoms with Gasteiger partial charge in [0.2, 0.25) is 0 Å². The SMILES string of the molecule is c1ccc(-n2c3ccccc3c3cc(-c4ccc5c(c4)c4ccccc4n5-c4cccnc4)ccc32)cc1. The molecule has 0 saturated heterocycles. The van der Waals surface area contributed by atoms with Crippen LogP contribution in [0.25, 0.3) is 66.1 Å². The molecule has 8 rings (SSSR count). The summed E-state index contributed by atoms with van der Waals surface area (Å²) in [4.78, 5) is 4.37. The molecule has 0 saturated carbocycles. The van der Waals surface area contributed by atoms with Gasteiger partial charge in [0.05, 0.1) is 34.0 Å². The third-order valence-electron chi connectivity index (χ3n) is 7.60. The minimum Gasteiger partial charge on any atom is -0.309 e. The van der Waals surface area contributed by atoms with Crippen LogP contribution >= 0.6 is 0 Å². The molecular formula is C35H23N3. The fraction of sp³-hybridized carbons (Fsp3) is 0. The Labute approximate surface area is 219 Å². The number of rotatable bonds is 3. The normalized spacial score (nSPS) is 11.7. The third-order valence-corrected chi connectivity index (χ3v) is 7.60. The highest BCUT2D eigenvalue weighted by atomic mass is 15.0. The molecule has 3 nitrogen and oxygen atoms in total. The van der Waals surface area contributed by atoms with Crippen LogP contribution in [-0.4, -0.2) is 14.1 Å². The van der Waals surface area contributed by atoms with Gasteiger partial charge >= 0.3 is 0 Å². The Kier molecular flexibility index (Phi) is 4.52. The zero-order valence-electron chi connectivity index (χ0n) is 20.6. The number of hydrogen-bond donors (Lipinski definition) is 0. The lowest BCUT2D eigenvalue weighted by atomic mass is 10.0. The van der Waals surface area contributed by atoms with Gasteiger partial charge in [-0.25, -0.2) is 0 Å². The van der Waals surface area contributed by atoms with E-state index in [4.69, 9.17) is 0 Å². The van der Waals surface area contributed by atoms with Crippen LogP contribution in [0.15, 0.2) is 140 Å². The minimum absolute atomic E-state index is 1.07. The van der Waals surface area contributed by atoms with Crippen LogP contribution in [0.1, 0.15) is 0 Å². The second kappa shape index (κ2) is 8.19. The molecular weight excluding hydrogens is 462 g/mol. The van der Waals surface area contributed by atoms with E-state index in [1.165, 1.54) is 60.4 Å². The average Bonchev–Trinajstić information content (AvgIpc) is 3.50. The van der Waals surface area contributed by atoms with Crippen LogP contribution in [-0.2, 0) is 0 Å². The molecule has 0 radical (unpaired) electrons. The maximum atomic E-state index is 4.37. The lowest BCUT2D eigenvalue weighted by molar-refractivity contribution is 1.14. The molecule has 3 aromatic heterocycles. The lowest BCUT2D eigenvalue weighted by Gasteiger charge is -2.09. The van der Waals surface area contributed by atoms with Crippen molar-refractivity contribution in [1.29, 1.82) is 0 Å². The van der Waals surface area contributed by atoms with Gasteiger partial charge in [-0.15, -0.1) is 0 Å². The molecule has 0 unspecified atom stereocenters. The summed E-state index contributed by atoms with van der Waals surface area (Å²) in [7, 11) is 0. The summed E-state index contributed by atoms with van der Waals surface area (Å²) < 4.78 is 4.66. The molecule has 0 aliphatic heterocycles.